The molecule has 0 spiro atoms. The topological polar surface area (TPSA) is 37.5 Å². The molecule has 1 heterocycles. The SMILES string of the molecule is OCCN=CCn1ccc(-c2ccccc2)c1. The van der Waals surface area contributed by atoms with Crippen LogP contribution >= 0.6 is 0 Å². The molecule has 0 aliphatic carbocycles. The number of nitrogens with zero attached hydrogens (tertiary/aromatic N) is 2. The molecular formula is C14H16N2O. The van der Waals surface area contributed by atoms with Crippen molar-refractivity contribution in [2.45, 2.75) is 6.54 Å². The molecular weight excluding hydrogens is 212 g/mol. The predicted molar refractivity (Wildman–Crippen MR) is 70.3 cm³/mol. The number of hydrogen-bond donors (Lipinski definition) is 1. The Labute approximate surface area is 101 Å². The summed E-state index contributed by atoms with van der Waals surface area (Å²) in [6.07, 6.45) is 5.96. The van der Waals surface area contributed by atoms with Crippen molar-refractivity contribution in [2.75, 3.05) is 13.2 Å². The number of aliphatic imine (C=N–C) groups is 1. The van der Waals surface area contributed by atoms with Gasteiger partial charge in [0.05, 0.1) is 19.7 Å². The molecule has 3 heteroatoms. The van der Waals surface area contributed by atoms with Crippen molar-refractivity contribution in [3.8, 4) is 11.1 Å². The highest BCUT2D eigenvalue weighted by Crippen LogP contribution is 2.18. The number of aromatic nitrogens is 1. The van der Waals surface area contributed by atoms with Crippen LogP contribution in [0.5, 0.6) is 0 Å². The summed E-state index contributed by atoms with van der Waals surface area (Å²) in [6, 6.07) is 12.4. The Morgan fingerprint density at radius 1 is 1.12 bits per heavy atom. The second kappa shape index (κ2) is 6.01. The van der Waals surface area contributed by atoms with Crippen molar-refractivity contribution in [3.05, 3.63) is 48.8 Å². The number of rotatable bonds is 5. The van der Waals surface area contributed by atoms with E-state index < -0.39 is 0 Å². The lowest BCUT2D eigenvalue weighted by Gasteiger charge is -1.97. The van der Waals surface area contributed by atoms with Crippen molar-refractivity contribution in [1.82, 2.24) is 4.57 Å². The molecule has 1 aromatic carbocycles. The number of aliphatic hydroxyl groups excluding tert-OH is 1. The van der Waals surface area contributed by atoms with Crippen LogP contribution in [0, 0.1) is 0 Å². The summed E-state index contributed by atoms with van der Waals surface area (Å²) >= 11 is 0. The summed E-state index contributed by atoms with van der Waals surface area (Å²) in [5.74, 6) is 0. The largest absolute Gasteiger partial charge is 0.394 e. The Bertz CT molecular complexity index is 474. The molecule has 0 bridgehead atoms. The first-order valence-electron chi connectivity index (χ1n) is 5.70. The Balaban J connectivity index is 2.01. The van der Waals surface area contributed by atoms with E-state index in [0.29, 0.717) is 6.54 Å². The van der Waals surface area contributed by atoms with Gasteiger partial charge in [-0.1, -0.05) is 30.3 Å². The lowest BCUT2D eigenvalue weighted by atomic mass is 10.1. The van der Waals surface area contributed by atoms with Crippen molar-refractivity contribution < 1.29 is 5.11 Å². The standard InChI is InChI=1S/C14H16N2O/c17-11-8-15-7-10-16-9-6-14(12-16)13-4-2-1-3-5-13/h1-7,9,12,17H,8,10-11H2. The van der Waals surface area contributed by atoms with E-state index in [1.165, 1.54) is 11.1 Å². The van der Waals surface area contributed by atoms with E-state index in [1.54, 1.807) is 0 Å². The minimum atomic E-state index is 0.109. The molecule has 0 fully saturated rings. The zero-order valence-corrected chi connectivity index (χ0v) is 9.66. The summed E-state index contributed by atoms with van der Waals surface area (Å²) < 4.78 is 2.07. The smallest absolute Gasteiger partial charge is 0.0626 e. The molecule has 0 saturated heterocycles. The average molecular weight is 228 g/mol. The minimum absolute atomic E-state index is 0.109. The monoisotopic (exact) mass is 228 g/mol. The lowest BCUT2D eigenvalue weighted by molar-refractivity contribution is 0.307. The third kappa shape index (κ3) is 3.29. The Morgan fingerprint density at radius 2 is 1.94 bits per heavy atom. The third-order valence-electron chi connectivity index (χ3n) is 2.51. The molecule has 88 valence electrons. The van der Waals surface area contributed by atoms with Crippen LogP contribution in [0.25, 0.3) is 11.1 Å². The van der Waals surface area contributed by atoms with Gasteiger partial charge in [0.1, 0.15) is 0 Å². The first kappa shape index (κ1) is 11.6. The molecule has 2 aromatic rings. The first-order valence-corrected chi connectivity index (χ1v) is 5.70. The van der Waals surface area contributed by atoms with Crippen LogP contribution in [0.2, 0.25) is 0 Å². The van der Waals surface area contributed by atoms with Crippen molar-refractivity contribution >= 4 is 6.21 Å². The number of hydrogen-bond acceptors (Lipinski definition) is 2. The molecule has 0 radical (unpaired) electrons. The van der Waals surface area contributed by atoms with Gasteiger partial charge in [-0.15, -0.1) is 0 Å². The van der Waals surface area contributed by atoms with Gasteiger partial charge in [-0.05, 0) is 17.2 Å². The zero-order chi connectivity index (χ0) is 11.9. The summed E-state index contributed by atoms with van der Waals surface area (Å²) in [4.78, 5) is 4.07. The molecule has 0 saturated carbocycles. The highest BCUT2D eigenvalue weighted by molar-refractivity contribution is 5.63. The molecule has 17 heavy (non-hydrogen) atoms. The van der Waals surface area contributed by atoms with Gasteiger partial charge in [-0.2, -0.15) is 0 Å². The van der Waals surface area contributed by atoms with Crippen LogP contribution in [0.15, 0.2) is 53.8 Å². The van der Waals surface area contributed by atoms with E-state index >= 15 is 0 Å². The van der Waals surface area contributed by atoms with Crippen LogP contribution in [0.4, 0.5) is 0 Å². The second-order valence-electron chi connectivity index (χ2n) is 3.78. The van der Waals surface area contributed by atoms with Gasteiger partial charge in [0.2, 0.25) is 0 Å². The van der Waals surface area contributed by atoms with Crippen LogP contribution in [-0.4, -0.2) is 29.0 Å². The van der Waals surface area contributed by atoms with Crippen LogP contribution in [-0.2, 0) is 6.54 Å². The second-order valence-corrected chi connectivity index (χ2v) is 3.78. The summed E-state index contributed by atoms with van der Waals surface area (Å²) in [5.41, 5.74) is 2.43. The van der Waals surface area contributed by atoms with E-state index in [1.807, 2.05) is 30.6 Å². The molecule has 0 aliphatic rings. The van der Waals surface area contributed by atoms with Gasteiger partial charge in [0, 0.05) is 18.6 Å². The summed E-state index contributed by atoms with van der Waals surface area (Å²) in [6.45, 7) is 1.33. The number of benzene rings is 1. The van der Waals surface area contributed by atoms with Gasteiger partial charge < -0.3 is 9.67 Å². The number of aliphatic hydroxyl groups is 1. The van der Waals surface area contributed by atoms with Gasteiger partial charge in [0.15, 0.2) is 0 Å². The van der Waals surface area contributed by atoms with Gasteiger partial charge >= 0.3 is 0 Å². The lowest BCUT2D eigenvalue weighted by Crippen LogP contribution is -1.96. The minimum Gasteiger partial charge on any atom is -0.394 e. The Kier molecular flexibility index (Phi) is 4.11. The quantitative estimate of drug-likeness (QED) is 0.783. The third-order valence-corrected chi connectivity index (χ3v) is 2.51. The Hall–Kier alpha value is -1.87. The fourth-order valence-electron chi connectivity index (χ4n) is 1.66. The van der Waals surface area contributed by atoms with Crippen LogP contribution < -0.4 is 0 Å². The fourth-order valence-corrected chi connectivity index (χ4v) is 1.66. The highest BCUT2D eigenvalue weighted by Gasteiger charge is 1.98. The van der Waals surface area contributed by atoms with Gasteiger partial charge in [-0.25, -0.2) is 0 Å². The molecule has 0 aliphatic heterocycles. The van der Waals surface area contributed by atoms with Crippen LogP contribution in [0.3, 0.4) is 0 Å². The van der Waals surface area contributed by atoms with Crippen LogP contribution in [0.1, 0.15) is 0 Å². The van der Waals surface area contributed by atoms with Gasteiger partial charge in [0.25, 0.3) is 0 Å². The molecule has 0 atom stereocenters. The van der Waals surface area contributed by atoms with Gasteiger partial charge in [-0.3, -0.25) is 4.99 Å². The van der Waals surface area contributed by atoms with E-state index in [9.17, 15) is 0 Å². The molecule has 1 aromatic heterocycles. The highest BCUT2D eigenvalue weighted by atomic mass is 16.3. The van der Waals surface area contributed by atoms with E-state index in [4.69, 9.17) is 5.11 Å². The summed E-state index contributed by atoms with van der Waals surface area (Å²) in [7, 11) is 0. The fraction of sp³-hybridized carbons (Fsp3) is 0.214. The molecule has 0 amide bonds. The zero-order valence-electron chi connectivity index (χ0n) is 9.66. The molecule has 1 N–H and O–H groups in total. The molecule has 0 unspecified atom stereocenters. The Morgan fingerprint density at radius 3 is 2.71 bits per heavy atom. The summed E-state index contributed by atoms with van der Waals surface area (Å²) in [5, 5.41) is 8.60. The van der Waals surface area contributed by atoms with E-state index in [0.717, 1.165) is 6.54 Å². The maximum Gasteiger partial charge on any atom is 0.0626 e. The van der Waals surface area contributed by atoms with E-state index in [-0.39, 0.29) is 6.61 Å². The molecule has 3 nitrogen and oxygen atoms in total. The molecule has 2 rings (SSSR count). The van der Waals surface area contributed by atoms with Crippen molar-refractivity contribution in [2.24, 2.45) is 4.99 Å². The average Bonchev–Trinajstić information content (AvgIpc) is 2.85. The maximum absolute atomic E-state index is 8.60. The van der Waals surface area contributed by atoms with Crippen molar-refractivity contribution in [1.29, 1.82) is 0 Å². The van der Waals surface area contributed by atoms with Crippen molar-refractivity contribution in [3.63, 3.8) is 0 Å². The normalized spacial score (nSPS) is 11.1. The maximum atomic E-state index is 8.60. The predicted octanol–water partition coefficient (Wildman–Crippen LogP) is 2.22. The van der Waals surface area contributed by atoms with E-state index in [2.05, 4.69) is 34.0 Å². The first-order chi connectivity index (χ1) is 8.40.